The second-order valence-electron chi connectivity index (χ2n) is 6.66. The molecule has 1 atom stereocenters. The van der Waals surface area contributed by atoms with Crippen molar-refractivity contribution in [2.75, 3.05) is 26.7 Å². The molecule has 1 saturated heterocycles. The minimum atomic E-state index is 0.0611. The Bertz CT molecular complexity index is 701. The van der Waals surface area contributed by atoms with E-state index in [1.165, 1.54) is 18.4 Å². The zero-order valence-corrected chi connectivity index (χ0v) is 14.8. The van der Waals surface area contributed by atoms with Gasteiger partial charge in [0.25, 0.3) is 5.91 Å². The molecule has 0 saturated carbocycles. The number of piperidine rings is 1. The van der Waals surface area contributed by atoms with Crippen LogP contribution in [0.5, 0.6) is 0 Å². The van der Waals surface area contributed by atoms with E-state index in [1.807, 2.05) is 49.5 Å². The zero-order chi connectivity index (χ0) is 17.5. The van der Waals surface area contributed by atoms with Crippen LogP contribution in [0.3, 0.4) is 0 Å². The molecule has 130 valence electrons. The Morgan fingerprint density at radius 2 is 1.92 bits per heavy atom. The fourth-order valence-corrected chi connectivity index (χ4v) is 3.25. The molecule has 2 aromatic carbocycles. The van der Waals surface area contributed by atoms with Gasteiger partial charge in [0.15, 0.2) is 0 Å². The third kappa shape index (κ3) is 4.80. The number of nitrogens with zero attached hydrogens (tertiary/aromatic N) is 1. The summed E-state index contributed by atoms with van der Waals surface area (Å²) in [5.41, 5.74) is 3.23. The lowest BCUT2D eigenvalue weighted by Crippen LogP contribution is -2.28. The third-order valence-electron chi connectivity index (χ3n) is 4.76. The van der Waals surface area contributed by atoms with Crippen LogP contribution in [-0.2, 0) is 0 Å². The van der Waals surface area contributed by atoms with E-state index in [1.54, 1.807) is 4.90 Å². The molecule has 3 rings (SSSR count). The number of hydrogen-bond donors (Lipinski definition) is 1. The zero-order valence-electron chi connectivity index (χ0n) is 14.8. The highest BCUT2D eigenvalue weighted by atomic mass is 16.2. The van der Waals surface area contributed by atoms with E-state index in [0.717, 1.165) is 24.2 Å². The molecule has 1 fully saturated rings. The van der Waals surface area contributed by atoms with Gasteiger partial charge in [-0.2, -0.15) is 0 Å². The van der Waals surface area contributed by atoms with Gasteiger partial charge in [0, 0.05) is 25.7 Å². The smallest absolute Gasteiger partial charge is 0.253 e. The van der Waals surface area contributed by atoms with Crippen LogP contribution >= 0.6 is 0 Å². The molecule has 3 heteroatoms. The average Bonchev–Trinajstić information content (AvgIpc) is 2.69. The highest BCUT2D eigenvalue weighted by molar-refractivity contribution is 5.94. The molecule has 0 aromatic heterocycles. The quantitative estimate of drug-likeness (QED) is 0.898. The Labute approximate surface area is 150 Å². The SMILES string of the molecule is CN(CC=Cc1ccccc1)C(=O)c1ccc(C2CCCNC2)cc1. The molecule has 1 unspecified atom stereocenters. The van der Waals surface area contributed by atoms with Crippen LogP contribution in [0.15, 0.2) is 60.7 Å². The summed E-state index contributed by atoms with van der Waals surface area (Å²) in [6.07, 6.45) is 6.52. The molecule has 1 N–H and O–H groups in total. The molecule has 2 aromatic rings. The van der Waals surface area contributed by atoms with E-state index < -0.39 is 0 Å². The monoisotopic (exact) mass is 334 g/mol. The number of carbonyl (C=O) groups is 1. The number of amides is 1. The largest absolute Gasteiger partial charge is 0.338 e. The van der Waals surface area contributed by atoms with Crippen molar-refractivity contribution in [1.29, 1.82) is 0 Å². The molecule has 1 amide bonds. The molecule has 1 heterocycles. The summed E-state index contributed by atoms with van der Waals surface area (Å²) >= 11 is 0. The summed E-state index contributed by atoms with van der Waals surface area (Å²) < 4.78 is 0. The summed E-state index contributed by atoms with van der Waals surface area (Å²) in [6.45, 7) is 2.76. The van der Waals surface area contributed by atoms with Gasteiger partial charge in [0.1, 0.15) is 0 Å². The minimum Gasteiger partial charge on any atom is -0.338 e. The predicted octanol–water partition coefficient (Wildman–Crippen LogP) is 3.94. The summed E-state index contributed by atoms with van der Waals surface area (Å²) in [5, 5.41) is 3.44. The minimum absolute atomic E-state index is 0.0611. The molecule has 1 aliphatic rings. The normalized spacial score (nSPS) is 17.6. The maximum absolute atomic E-state index is 12.6. The number of rotatable bonds is 5. The van der Waals surface area contributed by atoms with Crippen LogP contribution in [0, 0.1) is 0 Å². The maximum Gasteiger partial charge on any atom is 0.253 e. The topological polar surface area (TPSA) is 32.3 Å². The van der Waals surface area contributed by atoms with Crippen LogP contribution < -0.4 is 5.32 Å². The second-order valence-corrected chi connectivity index (χ2v) is 6.66. The fourth-order valence-electron chi connectivity index (χ4n) is 3.25. The highest BCUT2D eigenvalue weighted by Crippen LogP contribution is 2.23. The Kier molecular flexibility index (Phi) is 6.02. The van der Waals surface area contributed by atoms with Crippen LogP contribution in [0.2, 0.25) is 0 Å². The van der Waals surface area contributed by atoms with Gasteiger partial charge in [0.2, 0.25) is 0 Å². The van der Waals surface area contributed by atoms with E-state index in [-0.39, 0.29) is 5.91 Å². The van der Waals surface area contributed by atoms with Crippen molar-refractivity contribution in [3.05, 3.63) is 77.4 Å². The molecular weight excluding hydrogens is 308 g/mol. The van der Waals surface area contributed by atoms with E-state index in [0.29, 0.717) is 12.5 Å². The molecule has 0 aliphatic carbocycles. The Morgan fingerprint density at radius 3 is 2.60 bits per heavy atom. The van der Waals surface area contributed by atoms with Gasteiger partial charge in [-0.15, -0.1) is 0 Å². The fraction of sp³-hybridized carbons (Fsp3) is 0.318. The van der Waals surface area contributed by atoms with Crippen molar-refractivity contribution in [3.63, 3.8) is 0 Å². The van der Waals surface area contributed by atoms with Crippen LogP contribution in [0.4, 0.5) is 0 Å². The van der Waals surface area contributed by atoms with E-state index in [2.05, 4.69) is 29.6 Å². The summed E-state index contributed by atoms with van der Waals surface area (Å²) in [7, 11) is 1.84. The number of likely N-dealkylation sites (N-methyl/N-ethyl adjacent to an activating group) is 1. The lowest BCUT2D eigenvalue weighted by molar-refractivity contribution is 0.0810. The van der Waals surface area contributed by atoms with Gasteiger partial charge >= 0.3 is 0 Å². The Morgan fingerprint density at radius 1 is 1.16 bits per heavy atom. The number of benzene rings is 2. The van der Waals surface area contributed by atoms with Crippen molar-refractivity contribution < 1.29 is 4.79 Å². The summed E-state index contributed by atoms with van der Waals surface area (Å²) in [5.74, 6) is 0.635. The molecule has 3 nitrogen and oxygen atoms in total. The standard InChI is InChI=1S/C22H26N2O/c1-24(16-6-9-18-7-3-2-4-8-18)22(25)20-13-11-19(12-14-20)21-10-5-15-23-17-21/h2-4,6-9,11-14,21,23H,5,10,15-17H2,1H3. The van der Waals surface area contributed by atoms with Crippen LogP contribution in [0.1, 0.15) is 40.2 Å². The van der Waals surface area contributed by atoms with Crippen LogP contribution in [-0.4, -0.2) is 37.5 Å². The van der Waals surface area contributed by atoms with Gasteiger partial charge < -0.3 is 10.2 Å². The highest BCUT2D eigenvalue weighted by Gasteiger charge is 2.16. The maximum atomic E-state index is 12.6. The number of carbonyl (C=O) groups excluding carboxylic acids is 1. The van der Waals surface area contributed by atoms with Gasteiger partial charge in [-0.05, 0) is 48.6 Å². The van der Waals surface area contributed by atoms with E-state index in [4.69, 9.17) is 0 Å². The first-order valence-electron chi connectivity index (χ1n) is 9.02. The molecule has 25 heavy (non-hydrogen) atoms. The Hall–Kier alpha value is -2.39. The van der Waals surface area contributed by atoms with Crippen molar-refractivity contribution in [3.8, 4) is 0 Å². The van der Waals surface area contributed by atoms with Gasteiger partial charge in [0.05, 0.1) is 0 Å². The van der Waals surface area contributed by atoms with Crippen molar-refractivity contribution in [2.45, 2.75) is 18.8 Å². The second kappa shape index (κ2) is 8.63. The average molecular weight is 334 g/mol. The van der Waals surface area contributed by atoms with Gasteiger partial charge in [-0.25, -0.2) is 0 Å². The first-order chi connectivity index (χ1) is 12.2. The number of nitrogens with one attached hydrogen (secondary N) is 1. The third-order valence-corrected chi connectivity index (χ3v) is 4.76. The lowest BCUT2D eigenvalue weighted by Gasteiger charge is -2.23. The summed E-state index contributed by atoms with van der Waals surface area (Å²) in [6, 6.07) is 18.3. The molecule has 0 spiro atoms. The van der Waals surface area contributed by atoms with Crippen molar-refractivity contribution >= 4 is 12.0 Å². The van der Waals surface area contributed by atoms with Crippen molar-refractivity contribution in [2.24, 2.45) is 0 Å². The lowest BCUT2D eigenvalue weighted by atomic mass is 9.91. The molecule has 0 radical (unpaired) electrons. The van der Waals surface area contributed by atoms with Gasteiger partial charge in [-0.3, -0.25) is 4.79 Å². The molecule has 0 bridgehead atoms. The summed E-state index contributed by atoms with van der Waals surface area (Å²) in [4.78, 5) is 14.3. The van der Waals surface area contributed by atoms with Gasteiger partial charge in [-0.1, -0.05) is 54.6 Å². The number of hydrogen-bond acceptors (Lipinski definition) is 2. The van der Waals surface area contributed by atoms with Crippen LogP contribution in [0.25, 0.3) is 6.08 Å². The first kappa shape index (κ1) is 17.4. The molecular formula is C22H26N2O. The van der Waals surface area contributed by atoms with Crippen molar-refractivity contribution in [1.82, 2.24) is 10.2 Å². The first-order valence-corrected chi connectivity index (χ1v) is 9.02. The van der Waals surface area contributed by atoms with E-state index in [9.17, 15) is 4.79 Å². The van der Waals surface area contributed by atoms with E-state index >= 15 is 0 Å². The Balaban J connectivity index is 1.57. The predicted molar refractivity (Wildman–Crippen MR) is 104 cm³/mol. The molecule has 1 aliphatic heterocycles.